The molecule has 5 heteroatoms. The average molecular weight is 402 g/mol. The van der Waals surface area contributed by atoms with Gasteiger partial charge in [0.1, 0.15) is 18.5 Å². The van der Waals surface area contributed by atoms with E-state index in [1.165, 1.54) is 0 Å². The van der Waals surface area contributed by atoms with Gasteiger partial charge < -0.3 is 14.5 Å². The van der Waals surface area contributed by atoms with E-state index in [-0.39, 0.29) is 17.9 Å². The van der Waals surface area contributed by atoms with Crippen molar-refractivity contribution < 1.29 is 9.53 Å². The van der Waals surface area contributed by atoms with Crippen LogP contribution in [0.5, 0.6) is 0 Å². The zero-order valence-electron chi connectivity index (χ0n) is 17.4. The van der Waals surface area contributed by atoms with Crippen molar-refractivity contribution in [2.24, 2.45) is 5.92 Å². The molecule has 4 atom stereocenters. The molecule has 2 aromatic carbocycles. The Morgan fingerprint density at radius 3 is 2.60 bits per heavy atom. The van der Waals surface area contributed by atoms with Crippen molar-refractivity contribution in [3.05, 3.63) is 72.3 Å². The zero-order chi connectivity index (χ0) is 20.7. The zero-order valence-corrected chi connectivity index (χ0v) is 17.4. The van der Waals surface area contributed by atoms with Crippen LogP contribution in [0.2, 0.25) is 0 Å². The highest BCUT2D eigenvalue weighted by atomic mass is 16.5. The van der Waals surface area contributed by atoms with Gasteiger partial charge in [0.25, 0.3) is 0 Å². The first-order valence-electron chi connectivity index (χ1n) is 10.6. The van der Waals surface area contributed by atoms with Crippen LogP contribution >= 0.6 is 0 Å². The van der Waals surface area contributed by atoms with Gasteiger partial charge in [-0.2, -0.15) is 0 Å². The van der Waals surface area contributed by atoms with Crippen LogP contribution in [0, 0.1) is 5.92 Å². The largest absolute Gasteiger partial charge is 0.459 e. The molecule has 5 nitrogen and oxygen atoms in total. The van der Waals surface area contributed by atoms with Gasteiger partial charge in [-0.3, -0.25) is 0 Å². The summed E-state index contributed by atoms with van der Waals surface area (Å²) in [6.45, 7) is 0.305. The van der Waals surface area contributed by atoms with Gasteiger partial charge in [-0.1, -0.05) is 48.5 Å². The molecule has 2 heterocycles. The monoisotopic (exact) mass is 401 g/mol. The van der Waals surface area contributed by atoms with Gasteiger partial charge in [0, 0.05) is 23.4 Å². The second-order valence-corrected chi connectivity index (χ2v) is 8.63. The Balaban J connectivity index is 1.44. The van der Waals surface area contributed by atoms with Gasteiger partial charge in [-0.25, -0.2) is 9.78 Å². The van der Waals surface area contributed by atoms with E-state index in [1.54, 1.807) is 0 Å². The smallest absolute Gasteiger partial charge is 0.329 e. The van der Waals surface area contributed by atoms with Crippen molar-refractivity contribution in [3.8, 4) is 0 Å². The summed E-state index contributed by atoms with van der Waals surface area (Å²) in [7, 11) is 4.21. The minimum Gasteiger partial charge on any atom is -0.459 e. The van der Waals surface area contributed by atoms with Crippen LogP contribution in [0.4, 0.5) is 5.82 Å². The molecule has 2 aliphatic rings. The van der Waals surface area contributed by atoms with Crippen LogP contribution in [0.1, 0.15) is 18.4 Å². The molecule has 0 spiro atoms. The van der Waals surface area contributed by atoms with E-state index in [2.05, 4.69) is 36.0 Å². The van der Waals surface area contributed by atoms with E-state index < -0.39 is 0 Å². The Hall–Kier alpha value is -2.92. The number of esters is 1. The molecule has 1 aliphatic carbocycles. The SMILES string of the molecule is CN(C)[C@@H]1C[C@H]2C[C@H]1[C@@H](C(=O)OCc1ccccc1)N2c1ccc2ccccc2n1. The minimum atomic E-state index is -0.298. The van der Waals surface area contributed by atoms with Crippen LogP contribution in [0.25, 0.3) is 10.9 Å². The first-order chi connectivity index (χ1) is 14.6. The predicted octanol–water partition coefficient (Wildman–Crippen LogP) is 3.88. The Labute approximate surface area is 177 Å². The molecule has 0 amide bonds. The third-order valence-corrected chi connectivity index (χ3v) is 6.63. The lowest BCUT2D eigenvalue weighted by Crippen LogP contribution is -2.54. The fourth-order valence-corrected chi connectivity index (χ4v) is 5.25. The summed E-state index contributed by atoms with van der Waals surface area (Å²) < 4.78 is 5.81. The molecule has 0 unspecified atom stereocenters. The fourth-order valence-electron chi connectivity index (χ4n) is 5.25. The van der Waals surface area contributed by atoms with E-state index in [0.29, 0.717) is 18.7 Å². The van der Waals surface area contributed by atoms with Crippen molar-refractivity contribution in [1.82, 2.24) is 9.88 Å². The van der Waals surface area contributed by atoms with Crippen molar-refractivity contribution in [2.45, 2.75) is 37.6 Å². The number of hydrogen-bond acceptors (Lipinski definition) is 5. The van der Waals surface area contributed by atoms with Crippen LogP contribution in [0.3, 0.4) is 0 Å². The third-order valence-electron chi connectivity index (χ3n) is 6.63. The number of carbonyl (C=O) groups excluding carboxylic acids is 1. The summed E-state index contributed by atoms with van der Waals surface area (Å²) in [5.74, 6) is 0.981. The Kier molecular flexibility index (Phi) is 4.91. The van der Waals surface area contributed by atoms with Gasteiger partial charge in [0.15, 0.2) is 0 Å². The normalized spacial score (nSPS) is 25.2. The fraction of sp³-hybridized carbons (Fsp3) is 0.360. The molecular formula is C25H27N3O2. The lowest BCUT2D eigenvalue weighted by atomic mass is 9.92. The number of rotatable bonds is 5. The molecule has 30 heavy (non-hydrogen) atoms. The second-order valence-electron chi connectivity index (χ2n) is 8.63. The highest BCUT2D eigenvalue weighted by Gasteiger charge is 2.55. The van der Waals surface area contributed by atoms with E-state index in [0.717, 1.165) is 35.1 Å². The first-order valence-corrected chi connectivity index (χ1v) is 10.6. The quantitative estimate of drug-likeness (QED) is 0.607. The van der Waals surface area contributed by atoms with Crippen molar-refractivity contribution >= 4 is 22.7 Å². The molecule has 2 bridgehead atoms. The summed E-state index contributed by atoms with van der Waals surface area (Å²) >= 11 is 0. The Morgan fingerprint density at radius 2 is 1.80 bits per heavy atom. The lowest BCUT2D eigenvalue weighted by Gasteiger charge is -2.40. The molecule has 2 fully saturated rings. The topological polar surface area (TPSA) is 45.7 Å². The van der Waals surface area contributed by atoms with E-state index >= 15 is 0 Å². The molecule has 0 N–H and O–H groups in total. The number of carbonyl (C=O) groups is 1. The number of anilines is 1. The van der Waals surface area contributed by atoms with Gasteiger partial charge in [0.05, 0.1) is 5.52 Å². The number of benzene rings is 2. The number of para-hydroxylation sites is 1. The standard InChI is InChI=1S/C25H27N3O2/c1-27(2)22-15-19-14-20(22)24(25(29)30-16-17-8-4-3-5-9-17)28(19)23-13-12-18-10-6-7-11-21(18)26-23/h3-13,19-20,22,24H,14-16H2,1-2H3/t19-,20-,22-,24+/m1/s1. The van der Waals surface area contributed by atoms with Gasteiger partial charge in [-0.05, 0) is 50.7 Å². The number of piperidine rings is 1. The molecule has 1 saturated carbocycles. The van der Waals surface area contributed by atoms with Gasteiger partial charge in [0.2, 0.25) is 0 Å². The van der Waals surface area contributed by atoms with E-state index in [1.807, 2.05) is 54.6 Å². The predicted molar refractivity (Wildman–Crippen MR) is 118 cm³/mol. The molecule has 0 radical (unpaired) electrons. The summed E-state index contributed by atoms with van der Waals surface area (Å²) in [6.07, 6.45) is 2.05. The van der Waals surface area contributed by atoms with Crippen LogP contribution in [0.15, 0.2) is 66.7 Å². The van der Waals surface area contributed by atoms with Crippen molar-refractivity contribution in [3.63, 3.8) is 0 Å². The van der Waals surface area contributed by atoms with E-state index in [4.69, 9.17) is 9.72 Å². The number of ether oxygens (including phenoxy) is 1. The molecule has 1 saturated heterocycles. The number of fused-ring (bicyclic) bond motifs is 3. The molecule has 1 aromatic heterocycles. The number of aromatic nitrogens is 1. The van der Waals surface area contributed by atoms with Gasteiger partial charge >= 0.3 is 5.97 Å². The van der Waals surface area contributed by atoms with Crippen LogP contribution < -0.4 is 4.90 Å². The summed E-state index contributed by atoms with van der Waals surface area (Å²) in [6, 6.07) is 22.5. The van der Waals surface area contributed by atoms with Crippen LogP contribution in [-0.2, 0) is 16.1 Å². The summed E-state index contributed by atoms with van der Waals surface area (Å²) in [5, 5.41) is 1.11. The molecule has 5 rings (SSSR count). The maximum absolute atomic E-state index is 13.3. The minimum absolute atomic E-state index is 0.145. The first kappa shape index (κ1) is 19.1. The third kappa shape index (κ3) is 3.33. The maximum Gasteiger partial charge on any atom is 0.329 e. The molecule has 1 aliphatic heterocycles. The summed E-state index contributed by atoms with van der Waals surface area (Å²) in [5.41, 5.74) is 1.96. The Morgan fingerprint density at radius 1 is 1.03 bits per heavy atom. The average Bonchev–Trinajstić information content (AvgIpc) is 3.37. The molecule has 3 aromatic rings. The number of pyridine rings is 1. The molecule has 154 valence electrons. The summed E-state index contributed by atoms with van der Waals surface area (Å²) in [4.78, 5) is 22.7. The highest BCUT2D eigenvalue weighted by Crippen LogP contribution is 2.46. The number of hydrogen-bond donors (Lipinski definition) is 0. The maximum atomic E-state index is 13.3. The number of nitrogens with zero attached hydrogens (tertiary/aromatic N) is 3. The van der Waals surface area contributed by atoms with E-state index in [9.17, 15) is 4.79 Å². The van der Waals surface area contributed by atoms with Crippen molar-refractivity contribution in [1.29, 1.82) is 0 Å². The second kappa shape index (κ2) is 7.73. The highest BCUT2D eigenvalue weighted by molar-refractivity contribution is 5.84. The lowest BCUT2D eigenvalue weighted by molar-refractivity contribution is -0.148. The van der Waals surface area contributed by atoms with Crippen LogP contribution in [-0.4, -0.2) is 48.1 Å². The molecular weight excluding hydrogens is 374 g/mol. The Bertz CT molecular complexity index is 1050. The van der Waals surface area contributed by atoms with Gasteiger partial charge in [-0.15, -0.1) is 0 Å². The van der Waals surface area contributed by atoms with Crippen molar-refractivity contribution in [2.75, 3.05) is 19.0 Å².